The number of carbonyl (C=O) groups excluding carboxylic acids is 1. The molecule has 1 atom stereocenters. The minimum absolute atomic E-state index is 0.151. The van der Waals surface area contributed by atoms with Gasteiger partial charge in [-0.15, -0.1) is 0 Å². The summed E-state index contributed by atoms with van der Waals surface area (Å²) in [5, 5.41) is 0. The SMILES string of the molecule is CCC(C)/C(C)=C/C(C)=O. The Labute approximate surface area is 63.1 Å². The third-order valence-electron chi connectivity index (χ3n) is 1.82. The van der Waals surface area contributed by atoms with Crippen molar-refractivity contribution in [2.24, 2.45) is 5.92 Å². The molecule has 10 heavy (non-hydrogen) atoms. The lowest BCUT2D eigenvalue weighted by Crippen LogP contribution is -1.96. The minimum atomic E-state index is 0.151. The van der Waals surface area contributed by atoms with E-state index in [2.05, 4.69) is 13.8 Å². The van der Waals surface area contributed by atoms with Crippen molar-refractivity contribution in [3.05, 3.63) is 11.6 Å². The van der Waals surface area contributed by atoms with E-state index < -0.39 is 0 Å². The maximum absolute atomic E-state index is 10.6. The second kappa shape index (κ2) is 4.26. The molecule has 0 saturated heterocycles. The number of hydrogen-bond acceptors (Lipinski definition) is 1. The summed E-state index contributed by atoms with van der Waals surface area (Å²) in [6.45, 7) is 7.86. The van der Waals surface area contributed by atoms with Crippen LogP contribution in [-0.4, -0.2) is 5.78 Å². The molecule has 1 unspecified atom stereocenters. The predicted molar refractivity (Wildman–Crippen MR) is 43.9 cm³/mol. The van der Waals surface area contributed by atoms with Gasteiger partial charge in [0, 0.05) is 0 Å². The molecule has 0 aromatic rings. The van der Waals surface area contributed by atoms with Crippen molar-refractivity contribution in [2.45, 2.75) is 34.1 Å². The van der Waals surface area contributed by atoms with Crippen LogP contribution in [0.1, 0.15) is 34.1 Å². The third kappa shape index (κ3) is 3.44. The van der Waals surface area contributed by atoms with Crippen molar-refractivity contribution in [3.8, 4) is 0 Å². The van der Waals surface area contributed by atoms with E-state index >= 15 is 0 Å². The molecule has 0 fully saturated rings. The lowest BCUT2D eigenvalue weighted by atomic mass is 9.99. The molecule has 0 aliphatic carbocycles. The molecule has 0 rings (SSSR count). The topological polar surface area (TPSA) is 17.1 Å². The quantitative estimate of drug-likeness (QED) is 0.551. The summed E-state index contributed by atoms with van der Waals surface area (Å²) < 4.78 is 0. The van der Waals surface area contributed by atoms with Gasteiger partial charge in [0.15, 0.2) is 5.78 Å². The van der Waals surface area contributed by atoms with E-state index in [1.165, 1.54) is 5.57 Å². The van der Waals surface area contributed by atoms with Gasteiger partial charge in [0.2, 0.25) is 0 Å². The van der Waals surface area contributed by atoms with Gasteiger partial charge in [0.1, 0.15) is 0 Å². The summed E-state index contributed by atoms with van der Waals surface area (Å²) in [6.07, 6.45) is 2.82. The molecule has 0 saturated carbocycles. The van der Waals surface area contributed by atoms with Crippen molar-refractivity contribution in [1.29, 1.82) is 0 Å². The Morgan fingerprint density at radius 1 is 1.50 bits per heavy atom. The first-order valence-electron chi connectivity index (χ1n) is 3.76. The van der Waals surface area contributed by atoms with Crippen LogP contribution in [-0.2, 0) is 4.79 Å². The number of rotatable bonds is 3. The highest BCUT2D eigenvalue weighted by Crippen LogP contribution is 2.12. The van der Waals surface area contributed by atoms with Crippen LogP contribution in [0.3, 0.4) is 0 Å². The van der Waals surface area contributed by atoms with Gasteiger partial charge < -0.3 is 0 Å². The number of hydrogen-bond donors (Lipinski definition) is 0. The van der Waals surface area contributed by atoms with Gasteiger partial charge >= 0.3 is 0 Å². The zero-order valence-corrected chi connectivity index (χ0v) is 7.27. The molecule has 1 heteroatoms. The first-order valence-corrected chi connectivity index (χ1v) is 3.76. The van der Waals surface area contributed by atoms with E-state index in [1.54, 1.807) is 13.0 Å². The van der Waals surface area contributed by atoms with Crippen LogP contribution in [0.5, 0.6) is 0 Å². The lowest BCUT2D eigenvalue weighted by molar-refractivity contribution is -0.112. The van der Waals surface area contributed by atoms with Crippen molar-refractivity contribution < 1.29 is 4.79 Å². The molecule has 0 aliphatic rings. The Kier molecular flexibility index (Phi) is 4.01. The molecule has 0 heterocycles. The second-order valence-corrected chi connectivity index (χ2v) is 2.81. The summed E-state index contributed by atoms with van der Waals surface area (Å²) in [7, 11) is 0. The van der Waals surface area contributed by atoms with Crippen LogP contribution in [0.2, 0.25) is 0 Å². The van der Waals surface area contributed by atoms with Gasteiger partial charge in [-0.1, -0.05) is 19.4 Å². The summed E-state index contributed by atoms with van der Waals surface area (Å²) in [5.74, 6) is 0.696. The van der Waals surface area contributed by atoms with Crippen LogP contribution in [0.25, 0.3) is 0 Å². The predicted octanol–water partition coefficient (Wildman–Crippen LogP) is 2.57. The Morgan fingerprint density at radius 3 is 2.30 bits per heavy atom. The molecular weight excluding hydrogens is 124 g/mol. The fourth-order valence-electron chi connectivity index (χ4n) is 0.785. The standard InChI is InChI=1S/C9H16O/c1-5-7(2)8(3)6-9(4)10/h6-7H,5H2,1-4H3/b8-6+. The molecule has 0 radical (unpaired) electrons. The molecule has 1 nitrogen and oxygen atoms in total. The average Bonchev–Trinajstić information content (AvgIpc) is 1.85. The zero-order chi connectivity index (χ0) is 8.15. The maximum Gasteiger partial charge on any atom is 0.152 e. The summed E-state index contributed by atoms with van der Waals surface area (Å²) in [4.78, 5) is 10.6. The normalized spacial score (nSPS) is 15.0. The monoisotopic (exact) mass is 140 g/mol. The molecule has 0 aliphatic heterocycles. The highest BCUT2D eigenvalue weighted by Gasteiger charge is 2.00. The van der Waals surface area contributed by atoms with Crippen molar-refractivity contribution in [3.63, 3.8) is 0 Å². The molecule has 58 valence electrons. The van der Waals surface area contributed by atoms with Gasteiger partial charge in [-0.2, -0.15) is 0 Å². The summed E-state index contributed by atoms with van der Waals surface area (Å²) in [6, 6.07) is 0. The summed E-state index contributed by atoms with van der Waals surface area (Å²) >= 11 is 0. The van der Waals surface area contributed by atoms with Crippen LogP contribution < -0.4 is 0 Å². The third-order valence-corrected chi connectivity index (χ3v) is 1.82. The highest BCUT2D eigenvalue weighted by molar-refractivity contribution is 5.87. The molecule has 0 aromatic carbocycles. The van der Waals surface area contributed by atoms with Gasteiger partial charge in [0.05, 0.1) is 0 Å². The van der Waals surface area contributed by atoms with E-state index in [1.807, 2.05) is 6.92 Å². The van der Waals surface area contributed by atoms with Gasteiger partial charge in [-0.3, -0.25) is 4.79 Å². The fraction of sp³-hybridized carbons (Fsp3) is 0.667. The lowest BCUT2D eigenvalue weighted by Gasteiger charge is -2.06. The van der Waals surface area contributed by atoms with Crippen LogP contribution in [0, 0.1) is 5.92 Å². The summed E-state index contributed by atoms with van der Waals surface area (Å²) in [5.41, 5.74) is 1.19. The van der Waals surface area contributed by atoms with E-state index in [-0.39, 0.29) is 5.78 Å². The van der Waals surface area contributed by atoms with Crippen molar-refractivity contribution in [2.75, 3.05) is 0 Å². The van der Waals surface area contributed by atoms with Gasteiger partial charge in [-0.25, -0.2) is 0 Å². The number of allylic oxidation sites excluding steroid dienone is 2. The van der Waals surface area contributed by atoms with Crippen molar-refractivity contribution >= 4 is 5.78 Å². The maximum atomic E-state index is 10.6. The van der Waals surface area contributed by atoms with Crippen LogP contribution in [0.15, 0.2) is 11.6 Å². The van der Waals surface area contributed by atoms with Crippen LogP contribution in [0.4, 0.5) is 0 Å². The first-order chi connectivity index (χ1) is 4.57. The largest absolute Gasteiger partial charge is 0.295 e. The smallest absolute Gasteiger partial charge is 0.152 e. The van der Waals surface area contributed by atoms with Crippen molar-refractivity contribution in [1.82, 2.24) is 0 Å². The fourth-order valence-corrected chi connectivity index (χ4v) is 0.785. The van der Waals surface area contributed by atoms with Gasteiger partial charge in [0.25, 0.3) is 0 Å². The Bertz CT molecular complexity index is 145. The first kappa shape index (κ1) is 9.41. The zero-order valence-electron chi connectivity index (χ0n) is 7.27. The molecule has 0 N–H and O–H groups in total. The molecule has 0 aromatic heterocycles. The van der Waals surface area contributed by atoms with E-state index in [0.29, 0.717) is 5.92 Å². The van der Waals surface area contributed by atoms with Crippen LogP contribution >= 0.6 is 0 Å². The number of ketones is 1. The number of carbonyl (C=O) groups is 1. The molecule has 0 amide bonds. The van der Waals surface area contributed by atoms with E-state index in [9.17, 15) is 4.79 Å². The Balaban J connectivity index is 4.04. The Morgan fingerprint density at radius 2 is 2.00 bits per heavy atom. The molecular formula is C9H16O. The molecule has 0 spiro atoms. The second-order valence-electron chi connectivity index (χ2n) is 2.81. The van der Waals surface area contributed by atoms with E-state index in [0.717, 1.165) is 6.42 Å². The molecule has 0 bridgehead atoms. The average molecular weight is 140 g/mol. The minimum Gasteiger partial charge on any atom is -0.295 e. The Hall–Kier alpha value is -0.590. The van der Waals surface area contributed by atoms with E-state index in [4.69, 9.17) is 0 Å². The van der Waals surface area contributed by atoms with Gasteiger partial charge in [-0.05, 0) is 32.3 Å². The highest BCUT2D eigenvalue weighted by atomic mass is 16.1.